The number of halogens is 2. The van der Waals surface area contributed by atoms with Crippen molar-refractivity contribution in [3.8, 4) is 0 Å². The molecule has 4 heteroatoms. The molecular weight excluding hydrogens is 269 g/mol. The molecule has 0 spiro atoms. The molecule has 1 atom stereocenters. The first-order valence-electron chi connectivity index (χ1n) is 6.49. The summed E-state index contributed by atoms with van der Waals surface area (Å²) in [5.41, 5.74) is 0.747. The van der Waals surface area contributed by atoms with Gasteiger partial charge in [-0.2, -0.15) is 0 Å². The molecule has 1 rings (SSSR count). The largest absolute Gasteiger partial charge is 0.388 e. The second-order valence-corrected chi connectivity index (χ2v) is 5.27. The Morgan fingerprint density at radius 2 is 2.00 bits per heavy atom. The van der Waals surface area contributed by atoms with Gasteiger partial charge in [-0.25, -0.2) is 0 Å². The summed E-state index contributed by atoms with van der Waals surface area (Å²) in [6.45, 7) is 3.99. The molecule has 1 aromatic carbocycles. The number of aliphatic hydroxyl groups excluding tert-OH is 1. The van der Waals surface area contributed by atoms with E-state index in [2.05, 4.69) is 12.2 Å². The lowest BCUT2D eigenvalue weighted by Crippen LogP contribution is -2.18. The van der Waals surface area contributed by atoms with Crippen LogP contribution in [-0.2, 0) is 0 Å². The van der Waals surface area contributed by atoms with Crippen LogP contribution >= 0.6 is 23.2 Å². The summed E-state index contributed by atoms with van der Waals surface area (Å²) in [5, 5.41) is 14.5. The third-order valence-corrected chi connectivity index (χ3v) is 3.44. The molecule has 0 amide bonds. The van der Waals surface area contributed by atoms with Gasteiger partial charge < -0.3 is 10.4 Å². The summed E-state index contributed by atoms with van der Waals surface area (Å²) >= 11 is 11.9. The predicted octanol–water partition coefficient (Wildman–Crippen LogP) is 4.20. The number of unbranched alkanes of at least 4 members (excludes halogenated alkanes) is 2. The fraction of sp³-hybridized carbons (Fsp3) is 0.571. The van der Waals surface area contributed by atoms with E-state index in [0.717, 1.165) is 18.7 Å². The number of aliphatic hydroxyl groups is 1. The Hall–Kier alpha value is -0.280. The molecule has 0 aliphatic rings. The molecule has 0 radical (unpaired) electrons. The maximum absolute atomic E-state index is 10.0. The van der Waals surface area contributed by atoms with Gasteiger partial charge in [0.25, 0.3) is 0 Å². The Labute approximate surface area is 119 Å². The molecular formula is C14H21Cl2NO. The molecule has 0 aromatic heterocycles. The van der Waals surface area contributed by atoms with E-state index in [0.29, 0.717) is 16.5 Å². The highest BCUT2D eigenvalue weighted by Gasteiger charge is 2.11. The Bertz CT molecular complexity index is 358. The number of nitrogens with one attached hydrogen (secondary N) is 1. The minimum atomic E-state index is -0.534. The number of hydrogen-bond acceptors (Lipinski definition) is 2. The van der Waals surface area contributed by atoms with Crippen LogP contribution in [0.25, 0.3) is 0 Å². The average molecular weight is 290 g/mol. The molecule has 0 saturated carbocycles. The zero-order valence-electron chi connectivity index (χ0n) is 10.8. The maximum atomic E-state index is 10.0. The van der Waals surface area contributed by atoms with Crippen molar-refractivity contribution >= 4 is 23.2 Å². The quantitative estimate of drug-likeness (QED) is 0.703. The number of benzene rings is 1. The van der Waals surface area contributed by atoms with Crippen LogP contribution in [0.3, 0.4) is 0 Å². The highest BCUT2D eigenvalue weighted by atomic mass is 35.5. The lowest BCUT2D eigenvalue weighted by Gasteiger charge is -2.13. The van der Waals surface area contributed by atoms with Crippen LogP contribution in [0, 0.1) is 0 Å². The van der Waals surface area contributed by atoms with Crippen LogP contribution in [0.2, 0.25) is 10.0 Å². The van der Waals surface area contributed by atoms with Crippen LogP contribution in [0.5, 0.6) is 0 Å². The van der Waals surface area contributed by atoms with Gasteiger partial charge in [0, 0.05) is 10.0 Å². The van der Waals surface area contributed by atoms with E-state index >= 15 is 0 Å². The Kier molecular flexibility index (Phi) is 7.68. The van der Waals surface area contributed by atoms with Crippen molar-refractivity contribution in [1.82, 2.24) is 5.32 Å². The van der Waals surface area contributed by atoms with E-state index in [1.54, 1.807) is 18.2 Å². The van der Waals surface area contributed by atoms with Crippen LogP contribution < -0.4 is 5.32 Å². The van der Waals surface area contributed by atoms with Crippen molar-refractivity contribution < 1.29 is 5.11 Å². The van der Waals surface area contributed by atoms with Gasteiger partial charge in [-0.15, -0.1) is 0 Å². The fourth-order valence-electron chi connectivity index (χ4n) is 1.79. The van der Waals surface area contributed by atoms with Crippen LogP contribution in [0.1, 0.15) is 44.3 Å². The number of rotatable bonds is 8. The van der Waals surface area contributed by atoms with Crippen molar-refractivity contribution in [2.45, 2.75) is 38.7 Å². The van der Waals surface area contributed by atoms with Crippen LogP contribution in [0.15, 0.2) is 18.2 Å². The molecule has 1 aromatic rings. The first kappa shape index (κ1) is 15.8. The number of hydrogen-bond donors (Lipinski definition) is 2. The van der Waals surface area contributed by atoms with E-state index in [4.69, 9.17) is 23.2 Å². The standard InChI is InChI=1S/C14H21Cl2NO/c1-2-3-4-8-17-9-7-14(18)12-6-5-11(15)10-13(12)16/h5-6,10,14,17-18H,2-4,7-9H2,1H3. The van der Waals surface area contributed by atoms with Gasteiger partial charge in [0.05, 0.1) is 6.10 Å². The lowest BCUT2D eigenvalue weighted by atomic mass is 10.1. The first-order valence-corrected chi connectivity index (χ1v) is 7.24. The smallest absolute Gasteiger partial charge is 0.0816 e. The summed E-state index contributed by atoms with van der Waals surface area (Å²) in [6.07, 6.45) is 3.79. The van der Waals surface area contributed by atoms with E-state index in [-0.39, 0.29) is 0 Å². The monoisotopic (exact) mass is 289 g/mol. The van der Waals surface area contributed by atoms with Gasteiger partial charge in [-0.3, -0.25) is 0 Å². The van der Waals surface area contributed by atoms with E-state index < -0.39 is 6.10 Å². The van der Waals surface area contributed by atoms with Crippen LogP contribution in [-0.4, -0.2) is 18.2 Å². The Morgan fingerprint density at radius 1 is 1.22 bits per heavy atom. The zero-order chi connectivity index (χ0) is 13.4. The van der Waals surface area contributed by atoms with Gasteiger partial charge in [0.15, 0.2) is 0 Å². The zero-order valence-corrected chi connectivity index (χ0v) is 12.3. The highest BCUT2D eigenvalue weighted by Crippen LogP contribution is 2.27. The van der Waals surface area contributed by atoms with Gasteiger partial charge in [-0.1, -0.05) is 49.0 Å². The van der Waals surface area contributed by atoms with Crippen LogP contribution in [0.4, 0.5) is 0 Å². The molecule has 0 aliphatic carbocycles. The van der Waals surface area contributed by atoms with Crippen molar-refractivity contribution in [3.63, 3.8) is 0 Å². The topological polar surface area (TPSA) is 32.3 Å². The molecule has 0 aliphatic heterocycles. The Balaban J connectivity index is 2.29. The summed E-state index contributed by atoms with van der Waals surface area (Å²) in [5.74, 6) is 0. The summed E-state index contributed by atoms with van der Waals surface area (Å²) in [6, 6.07) is 5.20. The van der Waals surface area contributed by atoms with Crippen molar-refractivity contribution in [1.29, 1.82) is 0 Å². The van der Waals surface area contributed by atoms with Gasteiger partial charge in [0.1, 0.15) is 0 Å². The van der Waals surface area contributed by atoms with Crippen molar-refractivity contribution in [2.75, 3.05) is 13.1 Å². The minimum Gasteiger partial charge on any atom is -0.388 e. The SMILES string of the molecule is CCCCCNCCC(O)c1ccc(Cl)cc1Cl. The average Bonchev–Trinajstić information content (AvgIpc) is 2.33. The molecule has 2 nitrogen and oxygen atoms in total. The van der Waals surface area contributed by atoms with E-state index in [1.807, 2.05) is 0 Å². The highest BCUT2D eigenvalue weighted by molar-refractivity contribution is 6.35. The first-order chi connectivity index (χ1) is 8.65. The molecule has 0 saturated heterocycles. The van der Waals surface area contributed by atoms with E-state index in [1.165, 1.54) is 19.3 Å². The molecule has 0 bridgehead atoms. The van der Waals surface area contributed by atoms with Gasteiger partial charge in [-0.05, 0) is 43.6 Å². The minimum absolute atomic E-state index is 0.529. The molecule has 18 heavy (non-hydrogen) atoms. The summed E-state index contributed by atoms with van der Waals surface area (Å²) in [7, 11) is 0. The van der Waals surface area contributed by atoms with Gasteiger partial charge >= 0.3 is 0 Å². The summed E-state index contributed by atoms with van der Waals surface area (Å²) in [4.78, 5) is 0. The molecule has 1 unspecified atom stereocenters. The predicted molar refractivity (Wildman–Crippen MR) is 78.4 cm³/mol. The van der Waals surface area contributed by atoms with Gasteiger partial charge in [0.2, 0.25) is 0 Å². The van der Waals surface area contributed by atoms with Crippen molar-refractivity contribution in [2.24, 2.45) is 0 Å². The second-order valence-electron chi connectivity index (χ2n) is 4.43. The summed E-state index contributed by atoms with van der Waals surface area (Å²) < 4.78 is 0. The molecule has 0 heterocycles. The van der Waals surface area contributed by atoms with E-state index in [9.17, 15) is 5.11 Å². The third kappa shape index (κ3) is 5.57. The normalized spacial score (nSPS) is 12.7. The van der Waals surface area contributed by atoms with Crippen molar-refractivity contribution in [3.05, 3.63) is 33.8 Å². The Morgan fingerprint density at radius 3 is 2.67 bits per heavy atom. The second kappa shape index (κ2) is 8.76. The third-order valence-electron chi connectivity index (χ3n) is 2.87. The lowest BCUT2D eigenvalue weighted by molar-refractivity contribution is 0.167. The molecule has 2 N–H and O–H groups in total. The fourth-order valence-corrected chi connectivity index (χ4v) is 2.33. The maximum Gasteiger partial charge on any atom is 0.0816 e. The molecule has 0 fully saturated rings. The molecule has 102 valence electrons.